The molecule has 132 valence electrons. The zero-order valence-electron chi connectivity index (χ0n) is 14.3. The molecule has 0 unspecified atom stereocenters. The lowest BCUT2D eigenvalue weighted by Crippen LogP contribution is -2.20. The molecule has 25 heavy (non-hydrogen) atoms. The number of methoxy groups -OCH3 is 1. The summed E-state index contributed by atoms with van der Waals surface area (Å²) in [6, 6.07) is 13.6. The minimum atomic E-state index is -0.423. The van der Waals surface area contributed by atoms with Gasteiger partial charge in [0.25, 0.3) is 5.91 Å². The molecule has 0 aliphatic heterocycles. The van der Waals surface area contributed by atoms with Crippen molar-refractivity contribution in [1.82, 2.24) is 0 Å². The third kappa shape index (κ3) is 5.53. The molecule has 2 rings (SSSR count). The van der Waals surface area contributed by atoms with Crippen LogP contribution in [-0.4, -0.2) is 32.2 Å². The molecule has 0 aliphatic carbocycles. The van der Waals surface area contributed by atoms with Crippen molar-refractivity contribution in [1.29, 1.82) is 0 Å². The third-order valence-corrected chi connectivity index (χ3v) is 3.27. The summed E-state index contributed by atoms with van der Waals surface area (Å²) in [5, 5.41) is 2.77. The van der Waals surface area contributed by atoms with Gasteiger partial charge in [0.15, 0.2) is 6.61 Å². The van der Waals surface area contributed by atoms with E-state index in [9.17, 15) is 9.59 Å². The Kier molecular flexibility index (Phi) is 6.83. The SMILES string of the molecule is CCCOc1ccccc1NC(=O)COc1ccc(C(=O)OC)cc1. The highest BCUT2D eigenvalue weighted by Crippen LogP contribution is 2.23. The standard InChI is InChI=1S/C19H21NO5/c1-3-12-24-17-7-5-4-6-16(17)20-18(21)13-25-15-10-8-14(9-11-15)19(22)23-2/h4-11H,3,12-13H2,1-2H3,(H,20,21). The number of benzene rings is 2. The van der Waals surface area contributed by atoms with Crippen LogP contribution in [0.4, 0.5) is 5.69 Å². The highest BCUT2D eigenvalue weighted by Gasteiger charge is 2.09. The molecule has 0 spiro atoms. The van der Waals surface area contributed by atoms with Gasteiger partial charge in [0.05, 0.1) is 25.0 Å². The number of amides is 1. The fourth-order valence-corrected chi connectivity index (χ4v) is 2.05. The van der Waals surface area contributed by atoms with Gasteiger partial charge in [-0.05, 0) is 42.8 Å². The van der Waals surface area contributed by atoms with E-state index in [-0.39, 0.29) is 12.5 Å². The lowest BCUT2D eigenvalue weighted by molar-refractivity contribution is -0.118. The van der Waals surface area contributed by atoms with Gasteiger partial charge in [-0.1, -0.05) is 19.1 Å². The van der Waals surface area contributed by atoms with Crippen molar-refractivity contribution in [2.45, 2.75) is 13.3 Å². The second-order valence-electron chi connectivity index (χ2n) is 5.20. The summed E-state index contributed by atoms with van der Waals surface area (Å²) in [5.74, 6) is 0.385. The highest BCUT2D eigenvalue weighted by atomic mass is 16.5. The maximum atomic E-state index is 12.1. The summed E-state index contributed by atoms with van der Waals surface area (Å²) in [6.07, 6.45) is 0.882. The summed E-state index contributed by atoms with van der Waals surface area (Å²) in [7, 11) is 1.32. The Labute approximate surface area is 146 Å². The summed E-state index contributed by atoms with van der Waals surface area (Å²) in [4.78, 5) is 23.4. The minimum Gasteiger partial charge on any atom is -0.491 e. The molecule has 2 aromatic rings. The number of ether oxygens (including phenoxy) is 3. The summed E-state index contributed by atoms with van der Waals surface area (Å²) >= 11 is 0. The number of hydrogen-bond donors (Lipinski definition) is 1. The summed E-state index contributed by atoms with van der Waals surface area (Å²) < 4.78 is 15.6. The van der Waals surface area contributed by atoms with Gasteiger partial charge in [-0.25, -0.2) is 4.79 Å². The Balaban J connectivity index is 1.89. The van der Waals surface area contributed by atoms with Crippen LogP contribution in [0.2, 0.25) is 0 Å². The number of nitrogens with one attached hydrogen (secondary N) is 1. The minimum absolute atomic E-state index is 0.153. The topological polar surface area (TPSA) is 73.9 Å². The number of anilines is 1. The van der Waals surface area contributed by atoms with Crippen LogP contribution in [0.25, 0.3) is 0 Å². The van der Waals surface area contributed by atoms with Crippen LogP contribution in [0, 0.1) is 0 Å². The molecule has 0 heterocycles. The van der Waals surface area contributed by atoms with Gasteiger partial charge in [-0.2, -0.15) is 0 Å². The number of para-hydroxylation sites is 2. The second kappa shape index (κ2) is 9.32. The first-order valence-corrected chi connectivity index (χ1v) is 7.97. The Hall–Kier alpha value is -3.02. The smallest absolute Gasteiger partial charge is 0.337 e. The van der Waals surface area contributed by atoms with Crippen LogP contribution >= 0.6 is 0 Å². The summed E-state index contributed by atoms with van der Waals surface area (Å²) in [6.45, 7) is 2.44. The van der Waals surface area contributed by atoms with Crippen molar-refractivity contribution >= 4 is 17.6 Å². The average Bonchev–Trinajstić information content (AvgIpc) is 2.65. The van der Waals surface area contributed by atoms with Gasteiger partial charge in [0.1, 0.15) is 11.5 Å². The first kappa shape index (κ1) is 18.3. The highest BCUT2D eigenvalue weighted by molar-refractivity contribution is 5.93. The molecule has 2 aromatic carbocycles. The Bertz CT molecular complexity index is 712. The van der Waals surface area contributed by atoms with Crippen LogP contribution in [0.5, 0.6) is 11.5 Å². The first-order chi connectivity index (χ1) is 12.1. The molecule has 1 N–H and O–H groups in total. The third-order valence-electron chi connectivity index (χ3n) is 3.27. The van der Waals surface area contributed by atoms with E-state index in [1.807, 2.05) is 19.1 Å². The molecule has 6 heteroatoms. The van der Waals surface area contributed by atoms with Crippen molar-refractivity contribution in [3.8, 4) is 11.5 Å². The summed E-state index contributed by atoms with van der Waals surface area (Å²) in [5.41, 5.74) is 1.02. The van der Waals surface area contributed by atoms with Crippen LogP contribution in [0.15, 0.2) is 48.5 Å². The molecule has 6 nitrogen and oxygen atoms in total. The van der Waals surface area contributed by atoms with E-state index >= 15 is 0 Å². The molecule has 0 saturated heterocycles. The molecule has 0 fully saturated rings. The van der Waals surface area contributed by atoms with Gasteiger partial charge in [0, 0.05) is 0 Å². The number of rotatable bonds is 8. The molecular formula is C19H21NO5. The monoisotopic (exact) mass is 343 g/mol. The molecule has 0 aromatic heterocycles. The van der Waals surface area contributed by atoms with Crippen molar-refractivity contribution < 1.29 is 23.8 Å². The number of esters is 1. The fraction of sp³-hybridized carbons (Fsp3) is 0.263. The van der Waals surface area contributed by atoms with E-state index in [1.54, 1.807) is 36.4 Å². The number of carbonyl (C=O) groups excluding carboxylic acids is 2. The van der Waals surface area contributed by atoms with Crippen molar-refractivity contribution in [2.24, 2.45) is 0 Å². The van der Waals surface area contributed by atoms with Gasteiger partial charge >= 0.3 is 5.97 Å². The number of hydrogen-bond acceptors (Lipinski definition) is 5. The zero-order valence-corrected chi connectivity index (χ0v) is 14.3. The Morgan fingerprint density at radius 2 is 1.72 bits per heavy atom. The van der Waals surface area contributed by atoms with Crippen LogP contribution in [0.1, 0.15) is 23.7 Å². The molecule has 1 amide bonds. The lowest BCUT2D eigenvalue weighted by Gasteiger charge is -2.12. The fourth-order valence-electron chi connectivity index (χ4n) is 2.05. The normalized spacial score (nSPS) is 10.0. The molecule has 0 radical (unpaired) electrons. The van der Waals surface area contributed by atoms with Gasteiger partial charge in [-0.15, -0.1) is 0 Å². The lowest BCUT2D eigenvalue weighted by atomic mass is 10.2. The molecule has 0 atom stereocenters. The predicted octanol–water partition coefficient (Wildman–Crippen LogP) is 3.28. The van der Waals surface area contributed by atoms with Gasteiger partial charge in [-0.3, -0.25) is 4.79 Å². The molecule has 0 aliphatic rings. The first-order valence-electron chi connectivity index (χ1n) is 7.97. The zero-order chi connectivity index (χ0) is 18.1. The van der Waals surface area contributed by atoms with Gasteiger partial charge < -0.3 is 19.5 Å². The van der Waals surface area contributed by atoms with E-state index in [0.29, 0.717) is 29.4 Å². The van der Waals surface area contributed by atoms with Crippen molar-refractivity contribution in [2.75, 3.05) is 25.6 Å². The predicted molar refractivity (Wildman–Crippen MR) is 94.1 cm³/mol. The second-order valence-corrected chi connectivity index (χ2v) is 5.20. The van der Waals surface area contributed by atoms with Crippen LogP contribution in [-0.2, 0) is 9.53 Å². The molecule has 0 saturated carbocycles. The van der Waals surface area contributed by atoms with E-state index in [2.05, 4.69) is 10.1 Å². The molecular weight excluding hydrogens is 322 g/mol. The van der Waals surface area contributed by atoms with E-state index in [1.165, 1.54) is 7.11 Å². The largest absolute Gasteiger partial charge is 0.491 e. The van der Waals surface area contributed by atoms with E-state index < -0.39 is 5.97 Å². The maximum Gasteiger partial charge on any atom is 0.337 e. The van der Waals surface area contributed by atoms with E-state index in [0.717, 1.165) is 6.42 Å². The van der Waals surface area contributed by atoms with Crippen molar-refractivity contribution in [3.63, 3.8) is 0 Å². The van der Waals surface area contributed by atoms with Crippen LogP contribution in [0.3, 0.4) is 0 Å². The Morgan fingerprint density at radius 3 is 2.40 bits per heavy atom. The molecule has 0 bridgehead atoms. The van der Waals surface area contributed by atoms with E-state index in [4.69, 9.17) is 9.47 Å². The van der Waals surface area contributed by atoms with Crippen molar-refractivity contribution in [3.05, 3.63) is 54.1 Å². The van der Waals surface area contributed by atoms with Gasteiger partial charge in [0.2, 0.25) is 0 Å². The average molecular weight is 343 g/mol. The van der Waals surface area contributed by atoms with Crippen LogP contribution < -0.4 is 14.8 Å². The Morgan fingerprint density at radius 1 is 1.00 bits per heavy atom. The number of carbonyl (C=O) groups is 2. The maximum absolute atomic E-state index is 12.1. The quantitative estimate of drug-likeness (QED) is 0.745.